The molecule has 1 N–H and O–H groups in total. The zero-order chi connectivity index (χ0) is 8.72. The van der Waals surface area contributed by atoms with Gasteiger partial charge in [-0.1, -0.05) is 0 Å². The third-order valence-electron chi connectivity index (χ3n) is 2.35. The lowest BCUT2D eigenvalue weighted by Gasteiger charge is -1.93. The predicted molar refractivity (Wildman–Crippen MR) is 41.9 cm³/mol. The smallest absolute Gasteiger partial charge is 0.307 e. The van der Waals surface area contributed by atoms with Gasteiger partial charge in [-0.05, 0) is 25.0 Å². The molecule has 1 aliphatic carbocycles. The van der Waals surface area contributed by atoms with Gasteiger partial charge in [-0.3, -0.25) is 4.79 Å². The van der Waals surface area contributed by atoms with E-state index in [1.54, 1.807) is 6.26 Å². The maximum absolute atomic E-state index is 10.5. The number of carboxylic acids is 1. The van der Waals surface area contributed by atoms with Crippen molar-refractivity contribution in [3.63, 3.8) is 0 Å². The molecular formula is C9H10O3. The van der Waals surface area contributed by atoms with Crippen LogP contribution in [0.3, 0.4) is 0 Å². The van der Waals surface area contributed by atoms with Crippen molar-refractivity contribution < 1.29 is 14.3 Å². The first-order valence-corrected chi connectivity index (χ1v) is 3.97. The SMILES string of the molecule is Cc1ccoc1[C@@H]1C[C@H]1C(=O)O. The molecule has 1 aromatic heterocycles. The summed E-state index contributed by atoms with van der Waals surface area (Å²) in [6.07, 6.45) is 2.34. The highest BCUT2D eigenvalue weighted by atomic mass is 16.4. The average Bonchev–Trinajstić information content (AvgIpc) is 2.70. The monoisotopic (exact) mass is 166 g/mol. The van der Waals surface area contributed by atoms with Crippen LogP contribution in [0, 0.1) is 12.8 Å². The van der Waals surface area contributed by atoms with Gasteiger partial charge in [0.25, 0.3) is 0 Å². The van der Waals surface area contributed by atoms with Crippen LogP contribution in [-0.2, 0) is 4.79 Å². The van der Waals surface area contributed by atoms with Crippen LogP contribution in [0.5, 0.6) is 0 Å². The molecule has 64 valence electrons. The summed E-state index contributed by atoms with van der Waals surface area (Å²) in [7, 11) is 0. The molecule has 1 aliphatic rings. The van der Waals surface area contributed by atoms with Crippen molar-refractivity contribution in [1.82, 2.24) is 0 Å². The number of aryl methyl sites for hydroxylation is 1. The molecular weight excluding hydrogens is 156 g/mol. The van der Waals surface area contributed by atoms with Gasteiger partial charge >= 0.3 is 5.97 Å². The van der Waals surface area contributed by atoms with E-state index in [1.807, 2.05) is 13.0 Å². The molecule has 0 aliphatic heterocycles. The van der Waals surface area contributed by atoms with Gasteiger partial charge in [0, 0.05) is 5.92 Å². The van der Waals surface area contributed by atoms with Crippen molar-refractivity contribution >= 4 is 5.97 Å². The van der Waals surface area contributed by atoms with Crippen LogP contribution in [0.25, 0.3) is 0 Å². The molecule has 0 amide bonds. The average molecular weight is 166 g/mol. The number of rotatable bonds is 2. The fourth-order valence-electron chi connectivity index (χ4n) is 1.52. The van der Waals surface area contributed by atoms with E-state index >= 15 is 0 Å². The summed E-state index contributed by atoms with van der Waals surface area (Å²) in [5, 5.41) is 8.67. The van der Waals surface area contributed by atoms with Crippen LogP contribution in [0.15, 0.2) is 16.7 Å². The molecule has 1 aromatic rings. The Labute approximate surface area is 70.0 Å². The van der Waals surface area contributed by atoms with Gasteiger partial charge in [0.05, 0.1) is 12.2 Å². The number of furan rings is 1. The summed E-state index contributed by atoms with van der Waals surface area (Å²) >= 11 is 0. The minimum Gasteiger partial charge on any atom is -0.481 e. The van der Waals surface area contributed by atoms with Crippen molar-refractivity contribution in [2.75, 3.05) is 0 Å². The van der Waals surface area contributed by atoms with Crippen LogP contribution in [-0.4, -0.2) is 11.1 Å². The minimum atomic E-state index is -0.712. The van der Waals surface area contributed by atoms with Gasteiger partial charge in [0.15, 0.2) is 0 Å². The third kappa shape index (κ3) is 1.02. The van der Waals surface area contributed by atoms with Gasteiger partial charge in [0.2, 0.25) is 0 Å². The Morgan fingerprint density at radius 1 is 1.75 bits per heavy atom. The first kappa shape index (κ1) is 7.40. The van der Waals surface area contributed by atoms with E-state index in [-0.39, 0.29) is 11.8 Å². The molecule has 0 aromatic carbocycles. The number of carboxylic acid groups (broad SMARTS) is 1. The quantitative estimate of drug-likeness (QED) is 0.728. The van der Waals surface area contributed by atoms with E-state index in [0.29, 0.717) is 0 Å². The second kappa shape index (κ2) is 2.37. The second-order valence-electron chi connectivity index (χ2n) is 3.25. The highest BCUT2D eigenvalue weighted by Gasteiger charge is 2.46. The summed E-state index contributed by atoms with van der Waals surface area (Å²) in [6, 6.07) is 1.87. The lowest BCUT2D eigenvalue weighted by molar-refractivity contribution is -0.138. The first-order chi connectivity index (χ1) is 5.70. The van der Waals surface area contributed by atoms with Crippen molar-refractivity contribution in [2.45, 2.75) is 19.3 Å². The summed E-state index contributed by atoms with van der Waals surface area (Å²) in [5.41, 5.74) is 1.06. The molecule has 3 nitrogen and oxygen atoms in total. The zero-order valence-corrected chi connectivity index (χ0v) is 6.78. The predicted octanol–water partition coefficient (Wildman–Crippen LogP) is 1.78. The fraction of sp³-hybridized carbons (Fsp3) is 0.444. The van der Waals surface area contributed by atoms with Crippen LogP contribution in [0.1, 0.15) is 23.7 Å². The topological polar surface area (TPSA) is 50.4 Å². The second-order valence-corrected chi connectivity index (χ2v) is 3.25. The first-order valence-electron chi connectivity index (χ1n) is 3.97. The molecule has 0 spiro atoms. The Hall–Kier alpha value is -1.25. The minimum absolute atomic E-state index is 0.123. The Morgan fingerprint density at radius 2 is 2.50 bits per heavy atom. The molecule has 0 bridgehead atoms. The molecule has 2 atom stereocenters. The highest BCUT2D eigenvalue weighted by molar-refractivity contribution is 5.75. The van der Waals surface area contributed by atoms with Crippen LogP contribution >= 0.6 is 0 Å². The maximum Gasteiger partial charge on any atom is 0.307 e. The van der Waals surface area contributed by atoms with E-state index in [9.17, 15) is 4.79 Å². The molecule has 0 radical (unpaired) electrons. The highest BCUT2D eigenvalue weighted by Crippen LogP contribution is 2.48. The van der Waals surface area contributed by atoms with Gasteiger partial charge in [-0.2, -0.15) is 0 Å². The van der Waals surface area contributed by atoms with E-state index in [1.165, 1.54) is 0 Å². The van der Waals surface area contributed by atoms with Crippen molar-refractivity contribution in [1.29, 1.82) is 0 Å². The van der Waals surface area contributed by atoms with Gasteiger partial charge in [0.1, 0.15) is 5.76 Å². The van der Waals surface area contributed by atoms with E-state index in [0.717, 1.165) is 17.7 Å². The van der Waals surface area contributed by atoms with Crippen molar-refractivity contribution in [3.05, 3.63) is 23.7 Å². The lowest BCUT2D eigenvalue weighted by atomic mass is 10.2. The number of carbonyl (C=O) groups is 1. The summed E-state index contributed by atoms with van der Waals surface area (Å²) in [4.78, 5) is 10.5. The maximum atomic E-state index is 10.5. The molecule has 1 heterocycles. The Bertz CT molecular complexity index is 313. The lowest BCUT2D eigenvalue weighted by Crippen LogP contribution is -1.98. The third-order valence-corrected chi connectivity index (χ3v) is 2.35. The molecule has 1 fully saturated rings. The summed E-state index contributed by atoms with van der Waals surface area (Å²) in [5.74, 6) is 0.0468. The van der Waals surface area contributed by atoms with Gasteiger partial charge in [-0.15, -0.1) is 0 Å². The van der Waals surface area contributed by atoms with Gasteiger partial charge in [-0.25, -0.2) is 0 Å². The largest absolute Gasteiger partial charge is 0.481 e. The molecule has 12 heavy (non-hydrogen) atoms. The summed E-state index contributed by atoms with van der Waals surface area (Å²) in [6.45, 7) is 1.94. The Balaban J connectivity index is 2.15. The van der Waals surface area contributed by atoms with Crippen LogP contribution in [0.2, 0.25) is 0 Å². The molecule has 1 saturated carbocycles. The molecule has 0 saturated heterocycles. The van der Waals surface area contributed by atoms with Crippen LogP contribution in [0.4, 0.5) is 0 Å². The molecule has 2 rings (SSSR count). The van der Waals surface area contributed by atoms with Gasteiger partial charge < -0.3 is 9.52 Å². The normalized spacial score (nSPS) is 27.1. The Kier molecular flexibility index (Phi) is 1.46. The Morgan fingerprint density at radius 3 is 2.92 bits per heavy atom. The summed E-state index contributed by atoms with van der Waals surface area (Å²) < 4.78 is 5.21. The fourth-order valence-corrected chi connectivity index (χ4v) is 1.52. The van der Waals surface area contributed by atoms with E-state index < -0.39 is 5.97 Å². The van der Waals surface area contributed by atoms with E-state index in [2.05, 4.69) is 0 Å². The molecule has 3 heteroatoms. The number of hydrogen-bond acceptors (Lipinski definition) is 2. The molecule has 0 unspecified atom stereocenters. The van der Waals surface area contributed by atoms with Crippen molar-refractivity contribution in [2.24, 2.45) is 5.92 Å². The van der Waals surface area contributed by atoms with Crippen LogP contribution < -0.4 is 0 Å². The van der Waals surface area contributed by atoms with Crippen molar-refractivity contribution in [3.8, 4) is 0 Å². The van der Waals surface area contributed by atoms with E-state index in [4.69, 9.17) is 9.52 Å². The number of aliphatic carboxylic acids is 1. The standard InChI is InChI=1S/C9H10O3/c1-5-2-3-12-8(5)6-4-7(6)9(10)11/h2-3,6-7H,4H2,1H3,(H,10,11)/t6-,7-/m1/s1. The zero-order valence-electron chi connectivity index (χ0n) is 6.78. The number of hydrogen-bond donors (Lipinski definition) is 1.